The molecule has 1 heterocycles. The number of halogens is 1. The summed E-state index contributed by atoms with van der Waals surface area (Å²) >= 11 is 3.35. The Kier molecular flexibility index (Phi) is 4.74. The Morgan fingerprint density at radius 2 is 2.11 bits per heavy atom. The number of aromatic nitrogens is 2. The summed E-state index contributed by atoms with van der Waals surface area (Å²) in [7, 11) is 0. The van der Waals surface area contributed by atoms with Gasteiger partial charge in [0.15, 0.2) is 0 Å². The maximum Gasteiger partial charge on any atom is 0.270 e. The van der Waals surface area contributed by atoms with Crippen LogP contribution in [0, 0.1) is 0 Å². The van der Waals surface area contributed by atoms with Gasteiger partial charge < -0.3 is 5.32 Å². The molecule has 1 aromatic heterocycles. The molecular formula is C14H16BrN3O. The van der Waals surface area contributed by atoms with E-state index in [1.165, 1.54) is 5.56 Å². The maximum absolute atomic E-state index is 12.1. The highest BCUT2D eigenvalue weighted by atomic mass is 79.9. The van der Waals surface area contributed by atoms with E-state index in [4.69, 9.17) is 0 Å². The first-order valence-electron chi connectivity index (χ1n) is 6.25. The zero-order valence-electron chi connectivity index (χ0n) is 10.8. The van der Waals surface area contributed by atoms with Gasteiger partial charge >= 0.3 is 0 Å². The molecule has 0 unspecified atom stereocenters. The molecule has 0 saturated heterocycles. The number of aryl methyl sites for hydroxylation is 1. The second kappa shape index (κ2) is 6.52. The van der Waals surface area contributed by atoms with Gasteiger partial charge in [-0.3, -0.25) is 9.48 Å². The first kappa shape index (κ1) is 13.8. The third-order valence-corrected chi connectivity index (χ3v) is 3.43. The number of amides is 1. The molecule has 100 valence electrons. The van der Waals surface area contributed by atoms with Gasteiger partial charge in [0.1, 0.15) is 5.69 Å². The minimum Gasteiger partial charge on any atom is -0.350 e. The smallest absolute Gasteiger partial charge is 0.270 e. The molecule has 0 aliphatic heterocycles. The number of rotatable bonds is 5. The van der Waals surface area contributed by atoms with Crippen molar-refractivity contribution in [3.05, 3.63) is 52.3 Å². The lowest BCUT2D eigenvalue weighted by Crippen LogP contribution is -2.28. The lowest BCUT2D eigenvalue weighted by Gasteiger charge is -2.07. The van der Waals surface area contributed by atoms with Crippen LogP contribution in [0.5, 0.6) is 0 Å². The van der Waals surface area contributed by atoms with Gasteiger partial charge in [-0.1, -0.05) is 30.3 Å². The van der Waals surface area contributed by atoms with Crippen LogP contribution in [-0.4, -0.2) is 22.2 Å². The van der Waals surface area contributed by atoms with Crippen LogP contribution >= 0.6 is 15.9 Å². The Balaban J connectivity index is 1.93. The summed E-state index contributed by atoms with van der Waals surface area (Å²) < 4.78 is 2.41. The second-order valence-electron chi connectivity index (χ2n) is 4.15. The fourth-order valence-corrected chi connectivity index (χ4v) is 2.35. The van der Waals surface area contributed by atoms with Crippen LogP contribution in [-0.2, 0) is 13.0 Å². The van der Waals surface area contributed by atoms with Crippen molar-refractivity contribution in [2.45, 2.75) is 19.9 Å². The number of nitrogens with zero attached hydrogens (tertiary/aromatic N) is 2. The molecule has 4 nitrogen and oxygen atoms in total. The highest BCUT2D eigenvalue weighted by Crippen LogP contribution is 2.15. The van der Waals surface area contributed by atoms with Crippen LogP contribution in [0.15, 0.2) is 41.0 Å². The predicted molar refractivity (Wildman–Crippen MR) is 78.1 cm³/mol. The van der Waals surface area contributed by atoms with Crippen LogP contribution < -0.4 is 5.32 Å². The van der Waals surface area contributed by atoms with Crippen LogP contribution in [0.2, 0.25) is 0 Å². The SMILES string of the molecule is CCn1ncc(Br)c1C(=O)NCCc1ccccc1. The van der Waals surface area contributed by atoms with Gasteiger partial charge in [-0.15, -0.1) is 0 Å². The summed E-state index contributed by atoms with van der Waals surface area (Å²) in [5.74, 6) is -0.0952. The molecular weight excluding hydrogens is 306 g/mol. The topological polar surface area (TPSA) is 46.9 Å². The van der Waals surface area contributed by atoms with Gasteiger partial charge in [0.2, 0.25) is 0 Å². The van der Waals surface area contributed by atoms with E-state index in [1.807, 2.05) is 25.1 Å². The van der Waals surface area contributed by atoms with E-state index in [2.05, 4.69) is 38.5 Å². The quantitative estimate of drug-likeness (QED) is 0.920. The van der Waals surface area contributed by atoms with Crippen molar-refractivity contribution < 1.29 is 4.79 Å². The predicted octanol–water partition coefficient (Wildman–Crippen LogP) is 2.64. The van der Waals surface area contributed by atoms with E-state index in [0.717, 1.165) is 10.9 Å². The molecule has 0 bridgehead atoms. The van der Waals surface area contributed by atoms with Crippen LogP contribution in [0.3, 0.4) is 0 Å². The maximum atomic E-state index is 12.1. The van der Waals surface area contributed by atoms with Crippen molar-refractivity contribution in [2.24, 2.45) is 0 Å². The molecule has 0 aliphatic rings. The fraction of sp³-hybridized carbons (Fsp3) is 0.286. The third-order valence-electron chi connectivity index (χ3n) is 2.85. The fourth-order valence-electron chi connectivity index (χ4n) is 1.88. The normalized spacial score (nSPS) is 10.4. The van der Waals surface area contributed by atoms with E-state index < -0.39 is 0 Å². The van der Waals surface area contributed by atoms with Crippen molar-refractivity contribution in [1.29, 1.82) is 0 Å². The molecule has 1 N–H and O–H groups in total. The summed E-state index contributed by atoms with van der Waals surface area (Å²) in [5.41, 5.74) is 1.79. The molecule has 2 aromatic rings. The van der Waals surface area contributed by atoms with E-state index in [-0.39, 0.29) is 5.91 Å². The zero-order valence-corrected chi connectivity index (χ0v) is 12.4. The van der Waals surface area contributed by atoms with Crippen molar-refractivity contribution >= 4 is 21.8 Å². The minimum absolute atomic E-state index is 0.0952. The van der Waals surface area contributed by atoms with Gasteiger partial charge in [-0.2, -0.15) is 5.10 Å². The molecule has 0 saturated carbocycles. The summed E-state index contributed by atoms with van der Waals surface area (Å²) in [6, 6.07) is 10.1. The third kappa shape index (κ3) is 3.44. The molecule has 0 radical (unpaired) electrons. The first-order valence-corrected chi connectivity index (χ1v) is 7.05. The number of hydrogen-bond acceptors (Lipinski definition) is 2. The molecule has 2 rings (SSSR count). The number of nitrogens with one attached hydrogen (secondary N) is 1. The lowest BCUT2D eigenvalue weighted by atomic mass is 10.1. The average molecular weight is 322 g/mol. The Morgan fingerprint density at radius 3 is 2.79 bits per heavy atom. The van der Waals surface area contributed by atoms with E-state index in [0.29, 0.717) is 18.8 Å². The highest BCUT2D eigenvalue weighted by molar-refractivity contribution is 9.10. The summed E-state index contributed by atoms with van der Waals surface area (Å²) in [4.78, 5) is 12.1. The van der Waals surface area contributed by atoms with Gasteiger partial charge in [0.25, 0.3) is 5.91 Å². The molecule has 19 heavy (non-hydrogen) atoms. The van der Waals surface area contributed by atoms with E-state index in [9.17, 15) is 4.79 Å². The number of hydrogen-bond donors (Lipinski definition) is 1. The molecule has 5 heteroatoms. The standard InChI is InChI=1S/C14H16BrN3O/c1-2-18-13(12(15)10-17-18)14(19)16-9-8-11-6-4-3-5-7-11/h3-7,10H,2,8-9H2,1H3,(H,16,19). The Morgan fingerprint density at radius 1 is 1.37 bits per heavy atom. The molecule has 1 amide bonds. The molecule has 0 atom stereocenters. The summed E-state index contributed by atoms with van der Waals surface area (Å²) in [5, 5.41) is 7.05. The first-order chi connectivity index (χ1) is 9.22. The van der Waals surface area contributed by atoms with Gasteiger partial charge in [-0.05, 0) is 34.8 Å². The van der Waals surface area contributed by atoms with Gasteiger partial charge in [0, 0.05) is 13.1 Å². The number of carbonyl (C=O) groups excluding carboxylic acids is 1. The number of benzene rings is 1. The van der Waals surface area contributed by atoms with Crippen molar-refractivity contribution in [1.82, 2.24) is 15.1 Å². The van der Waals surface area contributed by atoms with Crippen LogP contribution in [0.25, 0.3) is 0 Å². The summed E-state index contributed by atoms with van der Waals surface area (Å²) in [6.45, 7) is 3.25. The minimum atomic E-state index is -0.0952. The second-order valence-corrected chi connectivity index (χ2v) is 5.00. The van der Waals surface area contributed by atoms with Crippen molar-refractivity contribution in [2.75, 3.05) is 6.54 Å². The average Bonchev–Trinajstić information content (AvgIpc) is 2.81. The van der Waals surface area contributed by atoms with E-state index in [1.54, 1.807) is 10.9 Å². The Bertz CT molecular complexity index is 551. The molecule has 0 spiro atoms. The zero-order chi connectivity index (χ0) is 13.7. The molecule has 0 aliphatic carbocycles. The molecule has 1 aromatic carbocycles. The summed E-state index contributed by atoms with van der Waals surface area (Å²) in [6.07, 6.45) is 2.47. The Labute approximate surface area is 120 Å². The van der Waals surface area contributed by atoms with E-state index >= 15 is 0 Å². The Hall–Kier alpha value is -1.62. The van der Waals surface area contributed by atoms with Crippen molar-refractivity contribution in [3.63, 3.8) is 0 Å². The van der Waals surface area contributed by atoms with Crippen LogP contribution in [0.4, 0.5) is 0 Å². The lowest BCUT2D eigenvalue weighted by molar-refractivity contribution is 0.0942. The number of carbonyl (C=O) groups is 1. The monoisotopic (exact) mass is 321 g/mol. The largest absolute Gasteiger partial charge is 0.350 e. The van der Waals surface area contributed by atoms with Gasteiger partial charge in [0.05, 0.1) is 10.7 Å². The molecule has 0 fully saturated rings. The van der Waals surface area contributed by atoms with Crippen molar-refractivity contribution in [3.8, 4) is 0 Å². The highest BCUT2D eigenvalue weighted by Gasteiger charge is 2.15. The van der Waals surface area contributed by atoms with Crippen LogP contribution in [0.1, 0.15) is 23.0 Å². The van der Waals surface area contributed by atoms with Gasteiger partial charge in [-0.25, -0.2) is 0 Å².